The molecule has 0 N–H and O–H groups in total. The first-order valence-corrected chi connectivity index (χ1v) is 8.97. The van der Waals surface area contributed by atoms with Crippen molar-refractivity contribution in [1.29, 1.82) is 0 Å². The van der Waals surface area contributed by atoms with E-state index >= 15 is 0 Å². The smallest absolute Gasteiger partial charge is 0.254 e. The van der Waals surface area contributed by atoms with Crippen LogP contribution < -0.4 is 0 Å². The molecule has 1 amide bonds. The van der Waals surface area contributed by atoms with E-state index < -0.39 is 0 Å². The highest BCUT2D eigenvalue weighted by Crippen LogP contribution is 2.27. The maximum atomic E-state index is 12.9. The molecule has 4 rings (SSSR count). The van der Waals surface area contributed by atoms with Crippen LogP contribution in [0.2, 0.25) is 5.02 Å². The second kappa shape index (κ2) is 6.52. The summed E-state index contributed by atoms with van der Waals surface area (Å²) in [6.45, 7) is 2.94. The number of piperidine rings is 1. The molecule has 1 aromatic heterocycles. The summed E-state index contributed by atoms with van der Waals surface area (Å²) in [4.78, 5) is 19.3. The number of likely N-dealkylation sites (tertiary alicyclic amines) is 1. The normalized spacial score (nSPS) is 17.8. The predicted octanol–water partition coefficient (Wildman–Crippen LogP) is 5.16. The Morgan fingerprint density at radius 2 is 2.12 bits per heavy atom. The molecule has 1 fully saturated rings. The van der Waals surface area contributed by atoms with Crippen LogP contribution in [-0.4, -0.2) is 28.4 Å². The highest BCUT2D eigenvalue weighted by atomic mass is 35.5. The van der Waals surface area contributed by atoms with E-state index in [1.54, 1.807) is 18.2 Å². The van der Waals surface area contributed by atoms with Gasteiger partial charge in [-0.05, 0) is 62.6 Å². The molecule has 1 aliphatic heterocycles. The van der Waals surface area contributed by atoms with Crippen molar-refractivity contribution in [2.75, 3.05) is 6.54 Å². The summed E-state index contributed by atoms with van der Waals surface area (Å²) in [7, 11) is 0. The molecule has 0 bridgehead atoms. The van der Waals surface area contributed by atoms with Crippen LogP contribution >= 0.6 is 11.6 Å². The first-order chi connectivity index (χ1) is 12.1. The second-order valence-electron chi connectivity index (χ2n) is 6.56. The van der Waals surface area contributed by atoms with E-state index in [9.17, 15) is 4.79 Å². The third kappa shape index (κ3) is 3.14. The van der Waals surface area contributed by atoms with Gasteiger partial charge in [0.2, 0.25) is 5.89 Å². The maximum Gasteiger partial charge on any atom is 0.254 e. The van der Waals surface area contributed by atoms with Crippen molar-refractivity contribution in [3.05, 3.63) is 53.1 Å². The van der Waals surface area contributed by atoms with Crippen LogP contribution in [0.5, 0.6) is 0 Å². The van der Waals surface area contributed by atoms with Crippen LogP contribution in [0.25, 0.3) is 22.6 Å². The van der Waals surface area contributed by atoms with Crippen molar-refractivity contribution in [1.82, 2.24) is 9.88 Å². The molecule has 5 heteroatoms. The fourth-order valence-corrected chi connectivity index (χ4v) is 3.54. The monoisotopic (exact) mass is 354 g/mol. The average molecular weight is 355 g/mol. The number of carbonyl (C=O) groups is 1. The molecule has 4 nitrogen and oxygen atoms in total. The van der Waals surface area contributed by atoms with Gasteiger partial charge in [-0.1, -0.05) is 17.7 Å². The van der Waals surface area contributed by atoms with E-state index in [1.165, 1.54) is 6.42 Å². The van der Waals surface area contributed by atoms with E-state index in [0.29, 0.717) is 27.6 Å². The standard InChI is InChI=1S/C20H19ClN2O2/c1-13-5-2-3-10-23(13)20(24)15-7-4-6-14(11-15)19-22-17-12-16(21)8-9-18(17)25-19/h4,6-9,11-13H,2-3,5,10H2,1H3/t13-/m1/s1. The minimum Gasteiger partial charge on any atom is -0.436 e. The summed E-state index contributed by atoms with van der Waals surface area (Å²) in [5, 5.41) is 0.621. The number of carbonyl (C=O) groups excluding carboxylic acids is 1. The average Bonchev–Trinajstić information content (AvgIpc) is 3.05. The number of hydrogen-bond donors (Lipinski definition) is 0. The lowest BCUT2D eigenvalue weighted by atomic mass is 10.0. The zero-order valence-electron chi connectivity index (χ0n) is 14.0. The molecule has 3 aromatic rings. The molecule has 2 aromatic carbocycles. The Morgan fingerprint density at radius 1 is 1.24 bits per heavy atom. The Morgan fingerprint density at radius 3 is 2.96 bits per heavy atom. The van der Waals surface area contributed by atoms with Gasteiger partial charge in [0.05, 0.1) is 0 Å². The van der Waals surface area contributed by atoms with Crippen molar-refractivity contribution in [2.45, 2.75) is 32.2 Å². The number of amides is 1. The molecule has 2 heterocycles. The van der Waals surface area contributed by atoms with Gasteiger partial charge in [-0.15, -0.1) is 0 Å². The Bertz CT molecular complexity index is 934. The third-order valence-corrected chi connectivity index (χ3v) is 5.01. The third-order valence-electron chi connectivity index (χ3n) is 4.77. The molecule has 0 saturated carbocycles. The van der Waals surface area contributed by atoms with Crippen molar-refractivity contribution in [3.63, 3.8) is 0 Å². The molecular formula is C20H19ClN2O2. The van der Waals surface area contributed by atoms with Crippen molar-refractivity contribution < 1.29 is 9.21 Å². The van der Waals surface area contributed by atoms with Crippen LogP contribution in [-0.2, 0) is 0 Å². The summed E-state index contributed by atoms with van der Waals surface area (Å²) in [6.07, 6.45) is 3.33. The summed E-state index contributed by atoms with van der Waals surface area (Å²) in [6, 6.07) is 13.1. The largest absolute Gasteiger partial charge is 0.436 e. The van der Waals surface area contributed by atoms with Gasteiger partial charge < -0.3 is 9.32 Å². The zero-order chi connectivity index (χ0) is 17.4. The molecule has 1 saturated heterocycles. The zero-order valence-corrected chi connectivity index (χ0v) is 14.8. The maximum absolute atomic E-state index is 12.9. The highest BCUT2D eigenvalue weighted by molar-refractivity contribution is 6.31. The van der Waals surface area contributed by atoms with Gasteiger partial charge >= 0.3 is 0 Å². The summed E-state index contributed by atoms with van der Waals surface area (Å²) in [5.74, 6) is 0.576. The van der Waals surface area contributed by atoms with Gasteiger partial charge in [0.1, 0.15) is 5.52 Å². The van der Waals surface area contributed by atoms with Crippen LogP contribution in [0.4, 0.5) is 0 Å². The van der Waals surface area contributed by atoms with Gasteiger partial charge in [0.25, 0.3) is 5.91 Å². The SMILES string of the molecule is C[C@@H]1CCCCN1C(=O)c1cccc(-c2nc3cc(Cl)ccc3o2)c1. The predicted molar refractivity (Wildman–Crippen MR) is 98.8 cm³/mol. The quantitative estimate of drug-likeness (QED) is 0.638. The van der Waals surface area contributed by atoms with Crippen LogP contribution in [0.15, 0.2) is 46.9 Å². The lowest BCUT2D eigenvalue weighted by molar-refractivity contribution is 0.0635. The Hall–Kier alpha value is -2.33. The number of oxazole rings is 1. The fourth-order valence-electron chi connectivity index (χ4n) is 3.37. The Balaban J connectivity index is 1.67. The summed E-state index contributed by atoms with van der Waals surface area (Å²) in [5.41, 5.74) is 2.86. The van der Waals surface area contributed by atoms with Crippen LogP contribution in [0, 0.1) is 0 Å². The number of nitrogens with zero attached hydrogens (tertiary/aromatic N) is 2. The minimum atomic E-state index is 0.0770. The molecule has 0 radical (unpaired) electrons. The number of benzene rings is 2. The minimum absolute atomic E-state index is 0.0770. The van der Waals surface area contributed by atoms with Crippen molar-refractivity contribution in [3.8, 4) is 11.5 Å². The molecular weight excluding hydrogens is 336 g/mol. The van der Waals surface area contributed by atoms with E-state index in [0.717, 1.165) is 24.9 Å². The van der Waals surface area contributed by atoms with E-state index in [2.05, 4.69) is 11.9 Å². The van der Waals surface area contributed by atoms with Crippen LogP contribution in [0.1, 0.15) is 36.5 Å². The van der Waals surface area contributed by atoms with E-state index in [-0.39, 0.29) is 11.9 Å². The molecule has 0 aliphatic carbocycles. The van der Waals surface area contributed by atoms with Crippen LogP contribution in [0.3, 0.4) is 0 Å². The van der Waals surface area contributed by atoms with Crippen molar-refractivity contribution >= 4 is 28.6 Å². The Kier molecular flexibility index (Phi) is 4.22. The lowest BCUT2D eigenvalue weighted by Gasteiger charge is -2.33. The lowest BCUT2D eigenvalue weighted by Crippen LogP contribution is -2.42. The van der Waals surface area contributed by atoms with Gasteiger partial charge in [-0.2, -0.15) is 0 Å². The molecule has 0 spiro atoms. The first kappa shape index (κ1) is 16.2. The molecule has 1 atom stereocenters. The summed E-state index contributed by atoms with van der Waals surface area (Å²) >= 11 is 6.01. The first-order valence-electron chi connectivity index (χ1n) is 8.59. The van der Waals surface area contributed by atoms with Gasteiger partial charge in [0, 0.05) is 28.7 Å². The van der Waals surface area contributed by atoms with Gasteiger partial charge in [-0.3, -0.25) is 4.79 Å². The molecule has 0 unspecified atom stereocenters. The summed E-state index contributed by atoms with van der Waals surface area (Å²) < 4.78 is 5.82. The highest BCUT2D eigenvalue weighted by Gasteiger charge is 2.24. The number of fused-ring (bicyclic) bond motifs is 1. The number of aromatic nitrogens is 1. The van der Waals surface area contributed by atoms with Crippen molar-refractivity contribution in [2.24, 2.45) is 0 Å². The van der Waals surface area contributed by atoms with Gasteiger partial charge in [0.15, 0.2) is 5.58 Å². The fraction of sp³-hybridized carbons (Fsp3) is 0.300. The second-order valence-corrected chi connectivity index (χ2v) is 6.99. The molecule has 25 heavy (non-hydrogen) atoms. The molecule has 128 valence electrons. The topological polar surface area (TPSA) is 46.3 Å². The number of rotatable bonds is 2. The number of halogens is 1. The van der Waals surface area contributed by atoms with Gasteiger partial charge in [-0.25, -0.2) is 4.98 Å². The number of hydrogen-bond acceptors (Lipinski definition) is 3. The van der Waals surface area contributed by atoms with E-state index in [1.807, 2.05) is 29.2 Å². The Labute approximate surface area is 151 Å². The van der Waals surface area contributed by atoms with E-state index in [4.69, 9.17) is 16.0 Å². The molecule has 1 aliphatic rings.